The number of morpholine rings is 1. The van der Waals surface area contributed by atoms with Crippen molar-refractivity contribution in [3.63, 3.8) is 0 Å². The Morgan fingerprint density at radius 1 is 0.691 bits per heavy atom. The van der Waals surface area contributed by atoms with E-state index in [1.165, 1.54) is 19.5 Å². The van der Waals surface area contributed by atoms with Gasteiger partial charge >= 0.3 is 0 Å². The molecule has 1 aliphatic heterocycles. The van der Waals surface area contributed by atoms with Gasteiger partial charge in [0.05, 0.1) is 56.1 Å². The van der Waals surface area contributed by atoms with Gasteiger partial charge in [0.15, 0.2) is 28.8 Å². The van der Waals surface area contributed by atoms with Gasteiger partial charge in [0, 0.05) is 88.6 Å². The highest BCUT2D eigenvalue weighted by Crippen LogP contribution is 2.40. The number of ether oxygens (including phenoxy) is 5. The highest BCUT2D eigenvalue weighted by atomic mass is 16.5. The number of furan rings is 2. The molecule has 4 aromatic heterocycles. The van der Waals surface area contributed by atoms with Crippen molar-refractivity contribution in [2.75, 3.05) is 61.2 Å². The van der Waals surface area contributed by atoms with Gasteiger partial charge in [0.1, 0.15) is 57.5 Å². The number of nitriles is 2. The van der Waals surface area contributed by atoms with Crippen LogP contribution in [0.2, 0.25) is 0 Å². The number of amides is 2. The molecule has 4 aromatic carbocycles. The molecule has 348 valence electrons. The molecule has 0 saturated carbocycles. The molecule has 0 aliphatic carbocycles. The van der Waals surface area contributed by atoms with E-state index in [0.717, 1.165) is 18.7 Å². The molecule has 0 atom stereocenters. The number of carbonyl (C=O) groups is 3. The van der Waals surface area contributed by atoms with Crippen molar-refractivity contribution in [2.45, 2.75) is 20.3 Å². The number of aryl methyl sites for hydroxylation is 2. The Bertz CT molecular complexity index is 3370. The zero-order valence-electron chi connectivity index (χ0n) is 38.1. The van der Waals surface area contributed by atoms with E-state index in [-0.39, 0.29) is 38.0 Å². The molecule has 5 heterocycles. The fourth-order valence-corrected chi connectivity index (χ4v) is 8.07. The first-order valence-corrected chi connectivity index (χ1v) is 21.4. The summed E-state index contributed by atoms with van der Waals surface area (Å²) in [6, 6.07) is 23.6. The van der Waals surface area contributed by atoms with Gasteiger partial charge in [-0.2, -0.15) is 10.5 Å². The number of hydrogen-bond acceptors (Lipinski definition) is 15. The number of nitrogens with zero attached hydrogens (tertiary/aromatic N) is 5. The van der Waals surface area contributed by atoms with E-state index in [1.54, 1.807) is 83.6 Å². The molecule has 68 heavy (non-hydrogen) atoms. The lowest BCUT2D eigenvalue weighted by atomic mass is 10.0. The predicted molar refractivity (Wildman–Crippen MR) is 255 cm³/mol. The van der Waals surface area contributed by atoms with Gasteiger partial charge in [-0.05, 0) is 61.9 Å². The highest BCUT2D eigenvalue weighted by molar-refractivity contribution is 6.08. The Labute approximate surface area is 392 Å². The number of fused-ring (bicyclic) bond motifs is 4. The second-order valence-electron chi connectivity index (χ2n) is 15.7. The van der Waals surface area contributed by atoms with Crippen molar-refractivity contribution in [1.82, 2.24) is 25.5 Å². The third-order valence-electron chi connectivity index (χ3n) is 11.4. The molecule has 0 radical (unpaired) electrons. The van der Waals surface area contributed by atoms with Crippen molar-refractivity contribution in [2.24, 2.45) is 0 Å². The van der Waals surface area contributed by atoms with E-state index in [0.29, 0.717) is 121 Å². The van der Waals surface area contributed by atoms with Gasteiger partial charge < -0.3 is 43.2 Å². The quantitative estimate of drug-likeness (QED) is 0.117. The summed E-state index contributed by atoms with van der Waals surface area (Å²) in [7, 11) is 6.21. The molecule has 17 heteroatoms. The number of rotatable bonds is 12. The Kier molecular flexibility index (Phi) is 13.5. The van der Waals surface area contributed by atoms with Crippen LogP contribution >= 0.6 is 0 Å². The number of aromatic nitrogens is 2. The SMILES string of the molecule is CNC(=O)c1c(C)oc2cc(Oc3c(C#N)cnc4cc(OC)c(OC)cc34)ccc12.CNC(=O)c1c(C)oc2cc(Oc3c(C#N)cnc4ccc(CC(=O)CN5CCOCC5)cc34)ccc12.[HH].[HH]. The lowest BCUT2D eigenvalue weighted by Crippen LogP contribution is -2.39. The second-order valence-corrected chi connectivity index (χ2v) is 15.7. The monoisotopic (exact) mass is 919 g/mol. The van der Waals surface area contributed by atoms with Crippen LogP contribution in [0.1, 0.15) is 51.8 Å². The molecule has 0 spiro atoms. The molecule has 1 aliphatic rings. The van der Waals surface area contributed by atoms with Crippen molar-refractivity contribution in [3.8, 4) is 46.6 Å². The minimum absolute atomic E-state index is 0. The van der Waals surface area contributed by atoms with Crippen LogP contribution < -0.4 is 29.6 Å². The van der Waals surface area contributed by atoms with E-state index < -0.39 is 0 Å². The number of carbonyl (C=O) groups excluding carboxylic acids is 3. The molecule has 2 N–H and O–H groups in total. The molecule has 1 fully saturated rings. The summed E-state index contributed by atoms with van der Waals surface area (Å²) in [6.45, 7) is 6.63. The van der Waals surface area contributed by atoms with Crippen molar-refractivity contribution < 1.29 is 49.8 Å². The van der Waals surface area contributed by atoms with E-state index in [9.17, 15) is 24.9 Å². The highest BCUT2D eigenvalue weighted by Gasteiger charge is 2.22. The van der Waals surface area contributed by atoms with Gasteiger partial charge in [-0.25, -0.2) is 0 Å². The van der Waals surface area contributed by atoms with Crippen LogP contribution in [-0.4, -0.2) is 93.6 Å². The predicted octanol–water partition coefficient (Wildman–Crippen LogP) is 8.58. The zero-order valence-corrected chi connectivity index (χ0v) is 38.1. The molecule has 9 rings (SSSR count). The molecule has 0 unspecified atom stereocenters. The third-order valence-corrected chi connectivity index (χ3v) is 11.4. The number of hydrogen-bond donors (Lipinski definition) is 2. The molecule has 8 aromatic rings. The maximum absolute atomic E-state index is 12.7. The van der Waals surface area contributed by atoms with Crippen molar-refractivity contribution in [3.05, 3.63) is 118 Å². The minimum atomic E-state index is -0.229. The number of Topliss-reactive ketones (excluding diaryl/α,β-unsaturated/α-hetero) is 1. The van der Waals surface area contributed by atoms with Crippen molar-refractivity contribution >= 4 is 61.3 Å². The van der Waals surface area contributed by atoms with Crippen LogP contribution in [0.15, 0.2) is 88.0 Å². The molecule has 2 amide bonds. The Morgan fingerprint density at radius 3 is 1.72 bits per heavy atom. The number of methoxy groups -OCH3 is 2. The van der Waals surface area contributed by atoms with E-state index >= 15 is 0 Å². The number of benzene rings is 4. The van der Waals surface area contributed by atoms with Crippen LogP contribution in [0.3, 0.4) is 0 Å². The van der Waals surface area contributed by atoms with Gasteiger partial charge in [-0.1, -0.05) is 6.07 Å². The summed E-state index contributed by atoms with van der Waals surface area (Å²) in [5.74, 6) is 3.26. The summed E-state index contributed by atoms with van der Waals surface area (Å²) in [5, 5.41) is 27.2. The maximum atomic E-state index is 12.7. The first kappa shape index (κ1) is 46.0. The molecule has 0 bridgehead atoms. The van der Waals surface area contributed by atoms with Crippen molar-refractivity contribution in [1.29, 1.82) is 10.5 Å². The molecular weight excluding hydrogens is 871 g/mol. The molecule has 1 saturated heterocycles. The van der Waals surface area contributed by atoms with Gasteiger partial charge in [-0.15, -0.1) is 0 Å². The van der Waals surface area contributed by atoms with Crippen LogP contribution in [0.4, 0.5) is 0 Å². The number of nitrogens with one attached hydrogen (secondary N) is 2. The first-order valence-electron chi connectivity index (χ1n) is 21.4. The summed E-state index contributed by atoms with van der Waals surface area (Å²) < 4.78 is 40.0. The average molecular weight is 920 g/mol. The standard InChI is InChI=1S/C28H26N4O5.C23H19N3O5.2H2/c1-17-26(28(34)30-2)22-5-4-21(13-25(22)36-17)37-27-19(14-29)15-31-24-6-3-18(12-23(24)27)11-20(33)16-32-7-9-35-10-8-32;1-12-21(23(27)25-2)15-6-5-14(7-18(15)30-12)31-22-13(10-24)11-26-17-9-20(29-4)19(28-3)8-16(17)22;;/h3-6,12-13,15H,7-11,16H2,1-2H3,(H,30,34);5-9,11H,1-4H3,(H,25,27);2*1H. The Balaban J connectivity index is 0.000000227. The van der Waals surface area contributed by atoms with Crippen LogP contribution in [0, 0.1) is 36.5 Å². The lowest BCUT2D eigenvalue weighted by Gasteiger charge is -2.25. The van der Waals surface area contributed by atoms with Crippen LogP contribution in [-0.2, 0) is 16.0 Å². The van der Waals surface area contributed by atoms with E-state index in [1.807, 2.05) is 18.2 Å². The maximum Gasteiger partial charge on any atom is 0.255 e. The van der Waals surface area contributed by atoms with Gasteiger partial charge in [0.25, 0.3) is 11.8 Å². The van der Waals surface area contributed by atoms with E-state index in [4.69, 9.17) is 32.5 Å². The Hall–Kier alpha value is -8.51. The topological polar surface area (TPSA) is 224 Å². The summed E-state index contributed by atoms with van der Waals surface area (Å²) in [6.07, 6.45) is 3.19. The zero-order chi connectivity index (χ0) is 48.1. The Morgan fingerprint density at radius 2 is 1.21 bits per heavy atom. The third kappa shape index (κ3) is 9.29. The smallest absolute Gasteiger partial charge is 0.255 e. The normalized spacial score (nSPS) is 12.5. The summed E-state index contributed by atoms with van der Waals surface area (Å²) in [4.78, 5) is 48.0. The molecular formula is C51H49N7O10. The fourth-order valence-electron chi connectivity index (χ4n) is 8.07. The number of ketones is 1. The fraction of sp³-hybridized carbons (Fsp3) is 0.235. The largest absolute Gasteiger partial charge is 0.493 e. The first-order chi connectivity index (χ1) is 33.0. The molecule has 17 nitrogen and oxygen atoms in total. The second kappa shape index (κ2) is 19.9. The average Bonchev–Trinajstić information content (AvgIpc) is 3.87. The van der Waals surface area contributed by atoms with Gasteiger partial charge in [-0.3, -0.25) is 29.3 Å². The van der Waals surface area contributed by atoms with E-state index in [2.05, 4.69) is 37.6 Å². The minimum Gasteiger partial charge on any atom is -0.493 e. The van der Waals surface area contributed by atoms with Gasteiger partial charge in [0.2, 0.25) is 0 Å². The summed E-state index contributed by atoms with van der Waals surface area (Å²) in [5.41, 5.74) is 4.55. The van der Waals surface area contributed by atoms with Crippen LogP contribution in [0.5, 0.6) is 34.5 Å². The summed E-state index contributed by atoms with van der Waals surface area (Å²) >= 11 is 0. The number of pyridine rings is 2. The lowest BCUT2D eigenvalue weighted by molar-refractivity contribution is -0.120. The van der Waals surface area contributed by atoms with Crippen LogP contribution in [0.25, 0.3) is 43.7 Å².